The van der Waals surface area contributed by atoms with Gasteiger partial charge >= 0.3 is 6.18 Å². The second kappa shape index (κ2) is 8.96. The summed E-state index contributed by atoms with van der Waals surface area (Å²) in [5, 5.41) is 6.94. The van der Waals surface area contributed by atoms with Crippen LogP contribution in [0.5, 0.6) is 0 Å². The number of aromatic nitrogens is 5. The molecule has 0 bridgehead atoms. The molecular weight excluding hydrogens is 492 g/mol. The summed E-state index contributed by atoms with van der Waals surface area (Å²) >= 11 is 5.78. The average molecular weight is 511 g/mol. The third-order valence-electron chi connectivity index (χ3n) is 5.83. The molecule has 35 heavy (non-hydrogen) atoms. The van der Waals surface area contributed by atoms with Gasteiger partial charge in [-0.3, -0.25) is 4.90 Å². The number of likely N-dealkylation sites (tertiary alicyclic amines) is 1. The number of nitrogens with two attached hydrogens (primary N) is 1. The van der Waals surface area contributed by atoms with Crippen molar-refractivity contribution in [3.63, 3.8) is 0 Å². The summed E-state index contributed by atoms with van der Waals surface area (Å²) in [6.45, 7) is 0.582. The quantitative estimate of drug-likeness (QED) is 0.370. The van der Waals surface area contributed by atoms with Gasteiger partial charge in [0, 0.05) is 24.7 Å². The summed E-state index contributed by atoms with van der Waals surface area (Å²) in [4.78, 5) is 14.6. The van der Waals surface area contributed by atoms with E-state index in [0.717, 1.165) is 18.6 Å². The van der Waals surface area contributed by atoms with Gasteiger partial charge in [0.2, 0.25) is 17.7 Å². The van der Waals surface area contributed by atoms with Gasteiger partial charge < -0.3 is 15.5 Å². The van der Waals surface area contributed by atoms with Crippen molar-refractivity contribution in [3.05, 3.63) is 52.5 Å². The van der Waals surface area contributed by atoms with Gasteiger partial charge in [0.25, 0.3) is 5.78 Å². The van der Waals surface area contributed by atoms with Gasteiger partial charge in [0.05, 0.1) is 16.8 Å². The number of furan rings is 1. The van der Waals surface area contributed by atoms with Gasteiger partial charge in [-0.25, -0.2) is 4.39 Å². The third kappa shape index (κ3) is 4.60. The highest BCUT2D eigenvalue weighted by atomic mass is 35.5. The van der Waals surface area contributed by atoms with Crippen molar-refractivity contribution in [2.75, 3.05) is 24.1 Å². The van der Waals surface area contributed by atoms with Crippen molar-refractivity contribution in [1.29, 1.82) is 0 Å². The highest BCUT2D eigenvalue weighted by molar-refractivity contribution is 6.30. The molecule has 1 aromatic carbocycles. The third-order valence-corrected chi connectivity index (χ3v) is 6.12. The van der Waals surface area contributed by atoms with Crippen LogP contribution in [0.2, 0.25) is 5.02 Å². The molecule has 14 heteroatoms. The highest BCUT2D eigenvalue weighted by Crippen LogP contribution is 2.36. The molecule has 184 valence electrons. The first kappa shape index (κ1) is 23.3. The Balaban J connectivity index is 1.33. The Hall–Kier alpha value is -3.45. The molecule has 4 heterocycles. The molecule has 1 saturated heterocycles. The number of halogens is 5. The van der Waals surface area contributed by atoms with Crippen molar-refractivity contribution in [2.45, 2.75) is 31.6 Å². The summed E-state index contributed by atoms with van der Waals surface area (Å²) in [5.74, 6) is 0.106. The maximum absolute atomic E-state index is 14.6. The number of hydrogen-bond donors (Lipinski definition) is 2. The fourth-order valence-corrected chi connectivity index (χ4v) is 4.33. The molecule has 1 aliphatic heterocycles. The topological polar surface area (TPSA) is 110 Å². The number of alkyl halides is 3. The van der Waals surface area contributed by atoms with E-state index in [-0.39, 0.29) is 35.3 Å². The summed E-state index contributed by atoms with van der Waals surface area (Å²) in [5.41, 5.74) is 4.50. The number of rotatable bonds is 6. The lowest BCUT2D eigenvalue weighted by Gasteiger charge is -2.26. The Labute approximate surface area is 200 Å². The van der Waals surface area contributed by atoms with Gasteiger partial charge in [-0.05, 0) is 43.7 Å². The van der Waals surface area contributed by atoms with Crippen LogP contribution in [-0.2, 0) is 12.7 Å². The van der Waals surface area contributed by atoms with E-state index in [1.807, 2.05) is 0 Å². The Morgan fingerprint density at radius 2 is 2.03 bits per heavy atom. The Morgan fingerprint density at radius 1 is 1.20 bits per heavy atom. The van der Waals surface area contributed by atoms with E-state index in [9.17, 15) is 17.6 Å². The van der Waals surface area contributed by atoms with E-state index in [0.29, 0.717) is 31.1 Å². The molecule has 3 N–H and O–H groups in total. The molecule has 1 unspecified atom stereocenters. The minimum absolute atomic E-state index is 0.0434. The van der Waals surface area contributed by atoms with E-state index in [2.05, 4.69) is 25.4 Å². The Bertz CT molecular complexity index is 1360. The van der Waals surface area contributed by atoms with E-state index in [4.69, 9.17) is 21.8 Å². The van der Waals surface area contributed by atoms with Gasteiger partial charge in [0.1, 0.15) is 5.82 Å². The predicted molar refractivity (Wildman–Crippen MR) is 119 cm³/mol. The molecule has 0 saturated carbocycles. The van der Waals surface area contributed by atoms with Crippen LogP contribution in [0.4, 0.5) is 29.5 Å². The number of anilines is 2. The summed E-state index contributed by atoms with van der Waals surface area (Å²) in [6.07, 6.45) is -1.76. The van der Waals surface area contributed by atoms with Crippen molar-refractivity contribution < 1.29 is 22.0 Å². The minimum atomic E-state index is -4.69. The molecule has 0 spiro atoms. The second-order valence-corrected chi connectivity index (χ2v) is 8.47. The zero-order valence-corrected chi connectivity index (χ0v) is 18.8. The van der Waals surface area contributed by atoms with Gasteiger partial charge in [-0.1, -0.05) is 11.6 Å². The van der Waals surface area contributed by atoms with Crippen LogP contribution in [0.15, 0.2) is 34.9 Å². The van der Waals surface area contributed by atoms with E-state index in [1.54, 1.807) is 17.0 Å². The van der Waals surface area contributed by atoms with Crippen LogP contribution < -0.4 is 11.1 Å². The van der Waals surface area contributed by atoms with Crippen molar-refractivity contribution in [2.24, 2.45) is 0 Å². The smallest absolute Gasteiger partial charge is 0.416 e. The molecule has 0 radical (unpaired) electrons. The summed E-state index contributed by atoms with van der Waals surface area (Å²) < 4.78 is 61.6. The summed E-state index contributed by atoms with van der Waals surface area (Å²) in [7, 11) is 0. The van der Waals surface area contributed by atoms with Crippen LogP contribution in [0.3, 0.4) is 0 Å². The zero-order valence-electron chi connectivity index (χ0n) is 18.1. The maximum Gasteiger partial charge on any atom is 0.416 e. The molecule has 4 aromatic rings. The molecule has 9 nitrogen and oxygen atoms in total. The van der Waals surface area contributed by atoms with Crippen LogP contribution in [0.25, 0.3) is 17.4 Å². The predicted octanol–water partition coefficient (Wildman–Crippen LogP) is 4.25. The number of hydrogen-bond acceptors (Lipinski definition) is 8. The van der Waals surface area contributed by atoms with Crippen molar-refractivity contribution in [1.82, 2.24) is 29.5 Å². The fourth-order valence-electron chi connectivity index (χ4n) is 4.15. The first-order valence-corrected chi connectivity index (χ1v) is 11.0. The summed E-state index contributed by atoms with van der Waals surface area (Å²) in [6, 6.07) is 4.94. The molecular formula is C21H19ClF4N8O. The van der Waals surface area contributed by atoms with Crippen LogP contribution >= 0.6 is 11.6 Å². The second-order valence-electron chi connectivity index (χ2n) is 8.06. The number of benzene rings is 1. The molecule has 0 amide bonds. The lowest BCUT2D eigenvalue weighted by molar-refractivity contribution is -0.138. The molecule has 1 atom stereocenters. The van der Waals surface area contributed by atoms with Gasteiger partial charge in [0.15, 0.2) is 5.76 Å². The van der Waals surface area contributed by atoms with Crippen molar-refractivity contribution >= 4 is 29.3 Å². The fraction of sp³-hybridized carbons (Fsp3) is 0.333. The Kier molecular flexibility index (Phi) is 5.97. The molecule has 3 aromatic heterocycles. The highest BCUT2D eigenvalue weighted by Gasteiger charge is 2.37. The molecule has 5 rings (SSSR count). The van der Waals surface area contributed by atoms with E-state index >= 15 is 0 Å². The van der Waals surface area contributed by atoms with Gasteiger partial charge in [-0.15, -0.1) is 5.10 Å². The lowest BCUT2D eigenvalue weighted by atomic mass is 10.1. The maximum atomic E-state index is 14.6. The normalized spacial score (nSPS) is 16.9. The number of fused-ring (bicyclic) bond motifs is 1. The number of nitrogen functional groups attached to an aromatic ring is 1. The van der Waals surface area contributed by atoms with Crippen molar-refractivity contribution in [3.8, 4) is 11.6 Å². The lowest BCUT2D eigenvalue weighted by Crippen LogP contribution is -2.35. The molecule has 0 aliphatic carbocycles. The largest absolute Gasteiger partial charge is 0.461 e. The van der Waals surface area contributed by atoms with Crippen LogP contribution in [0, 0.1) is 5.82 Å². The van der Waals surface area contributed by atoms with E-state index < -0.39 is 23.1 Å². The van der Waals surface area contributed by atoms with Crippen LogP contribution in [-0.4, -0.2) is 48.6 Å². The standard InChI is InChI=1S/C21H19ClF4N8O/c22-14-6-5-13(21(24,25)26)12(16(14)23)10-33-7-1-3-11(33)9-28-19-30-18(27)34-20(31-19)29-17(32-34)15-4-2-8-35-15/h2,4-6,8,11H,1,3,7,9-10H2,(H3,27,28,29,30,31,32). The Morgan fingerprint density at radius 3 is 2.77 bits per heavy atom. The number of nitrogens with one attached hydrogen (secondary N) is 1. The average Bonchev–Trinajstić information content (AvgIpc) is 3.55. The minimum Gasteiger partial charge on any atom is -0.461 e. The molecule has 1 aliphatic rings. The SMILES string of the molecule is Nc1nc(NCC2CCCN2Cc2c(C(F)(F)F)ccc(Cl)c2F)nc2nc(-c3ccco3)nn12. The first-order valence-electron chi connectivity index (χ1n) is 10.7. The van der Waals surface area contributed by atoms with E-state index in [1.165, 1.54) is 10.8 Å². The van der Waals surface area contributed by atoms with Crippen LogP contribution in [0.1, 0.15) is 24.0 Å². The first-order chi connectivity index (χ1) is 16.7. The zero-order chi connectivity index (χ0) is 24.7. The monoisotopic (exact) mass is 510 g/mol. The number of nitrogens with zero attached hydrogens (tertiary/aromatic N) is 6. The van der Waals surface area contributed by atoms with Gasteiger partial charge in [-0.2, -0.15) is 32.6 Å². The molecule has 1 fully saturated rings.